The topological polar surface area (TPSA) is 90.6 Å². The summed E-state index contributed by atoms with van der Waals surface area (Å²) >= 11 is 0. The van der Waals surface area contributed by atoms with Gasteiger partial charge < -0.3 is 14.8 Å². The van der Waals surface area contributed by atoms with Crippen LogP contribution in [-0.2, 0) is 9.84 Å². The predicted octanol–water partition coefficient (Wildman–Crippen LogP) is 0.408. The molecule has 1 N–H and O–H groups in total. The summed E-state index contributed by atoms with van der Waals surface area (Å²) in [4.78, 5) is 30.5. The number of H-pyrrole nitrogens is 1. The van der Waals surface area contributed by atoms with Crippen molar-refractivity contribution >= 4 is 21.5 Å². The molecule has 2 heterocycles. The number of rotatable bonds is 6. The van der Waals surface area contributed by atoms with E-state index in [4.69, 9.17) is 0 Å². The van der Waals surface area contributed by atoms with Crippen LogP contribution in [0.15, 0.2) is 12.3 Å². The average molecular weight is 341 g/mol. The first-order valence-electron chi connectivity index (χ1n) is 7.55. The van der Waals surface area contributed by atoms with Crippen LogP contribution in [-0.4, -0.2) is 79.6 Å². The minimum atomic E-state index is -3.07. The van der Waals surface area contributed by atoms with Crippen LogP contribution in [0.5, 0.6) is 0 Å². The Morgan fingerprint density at radius 1 is 1.30 bits per heavy atom. The lowest BCUT2D eigenvalue weighted by Crippen LogP contribution is -2.44. The first-order chi connectivity index (χ1) is 10.7. The standard InChI is InChI=1S/C15H23N3O4S/c1-11(19)12-8-14(16-9-12)15(20)18(6-5-17(2)3)13-4-7-23(21,22)10-13/h8-9,13,16H,4-7,10H2,1-3H3. The number of hydrogen-bond acceptors (Lipinski definition) is 5. The van der Waals surface area contributed by atoms with E-state index in [9.17, 15) is 18.0 Å². The minimum absolute atomic E-state index is 0.00639. The van der Waals surface area contributed by atoms with Crippen LogP contribution in [0.1, 0.15) is 34.2 Å². The molecule has 0 bridgehead atoms. The zero-order valence-electron chi connectivity index (χ0n) is 13.7. The van der Waals surface area contributed by atoms with E-state index in [1.807, 2.05) is 19.0 Å². The van der Waals surface area contributed by atoms with E-state index in [0.29, 0.717) is 30.8 Å². The third-order valence-corrected chi connectivity index (χ3v) is 5.77. The number of carbonyl (C=O) groups excluding carboxylic acids is 2. The molecule has 128 valence electrons. The largest absolute Gasteiger partial charge is 0.356 e. The molecular weight excluding hydrogens is 318 g/mol. The van der Waals surface area contributed by atoms with E-state index >= 15 is 0 Å². The fourth-order valence-electron chi connectivity index (χ4n) is 2.65. The summed E-state index contributed by atoms with van der Waals surface area (Å²) in [6.45, 7) is 2.52. The Hall–Kier alpha value is -1.67. The van der Waals surface area contributed by atoms with Gasteiger partial charge in [0.1, 0.15) is 5.69 Å². The predicted molar refractivity (Wildman–Crippen MR) is 87.4 cm³/mol. The zero-order chi connectivity index (χ0) is 17.2. The summed E-state index contributed by atoms with van der Waals surface area (Å²) in [5.41, 5.74) is 0.762. The van der Waals surface area contributed by atoms with E-state index in [0.717, 1.165) is 0 Å². The molecule has 1 saturated heterocycles. The smallest absolute Gasteiger partial charge is 0.270 e. The first kappa shape index (κ1) is 17.7. The highest BCUT2D eigenvalue weighted by atomic mass is 32.2. The van der Waals surface area contributed by atoms with Gasteiger partial charge in [0.15, 0.2) is 15.6 Å². The number of ketones is 1. The Morgan fingerprint density at radius 3 is 2.48 bits per heavy atom. The maximum Gasteiger partial charge on any atom is 0.270 e. The molecule has 1 amide bonds. The van der Waals surface area contributed by atoms with Gasteiger partial charge >= 0.3 is 0 Å². The summed E-state index contributed by atoms with van der Waals surface area (Å²) in [5, 5.41) is 0. The quantitative estimate of drug-likeness (QED) is 0.757. The highest BCUT2D eigenvalue weighted by Crippen LogP contribution is 2.20. The normalized spacial score (nSPS) is 19.9. The maximum atomic E-state index is 12.8. The minimum Gasteiger partial charge on any atom is -0.356 e. The molecule has 0 aromatic carbocycles. The number of aromatic amines is 1. The summed E-state index contributed by atoms with van der Waals surface area (Å²) < 4.78 is 23.5. The Bertz CT molecular complexity index is 693. The lowest BCUT2D eigenvalue weighted by Gasteiger charge is -2.29. The number of hydrogen-bond donors (Lipinski definition) is 1. The van der Waals surface area contributed by atoms with Crippen LogP contribution in [0.25, 0.3) is 0 Å². The molecular formula is C15H23N3O4S. The Balaban J connectivity index is 2.21. The van der Waals surface area contributed by atoms with E-state index in [-0.39, 0.29) is 29.2 Å². The SMILES string of the molecule is CC(=O)c1c[nH]c(C(=O)N(CCN(C)C)C2CCS(=O)(=O)C2)c1. The van der Waals surface area contributed by atoms with Crippen molar-refractivity contribution in [1.82, 2.24) is 14.8 Å². The molecule has 1 aliphatic heterocycles. The molecule has 1 aromatic rings. The van der Waals surface area contributed by atoms with Gasteiger partial charge in [0, 0.05) is 30.9 Å². The molecule has 1 aliphatic rings. The average Bonchev–Trinajstić information content (AvgIpc) is 3.05. The van der Waals surface area contributed by atoms with Crippen molar-refractivity contribution in [1.29, 1.82) is 0 Å². The number of carbonyl (C=O) groups is 2. The number of amides is 1. The van der Waals surface area contributed by atoms with Crippen molar-refractivity contribution in [2.24, 2.45) is 0 Å². The van der Waals surface area contributed by atoms with Crippen LogP contribution in [0.2, 0.25) is 0 Å². The van der Waals surface area contributed by atoms with Gasteiger partial charge in [-0.1, -0.05) is 0 Å². The van der Waals surface area contributed by atoms with Gasteiger partial charge in [-0.05, 0) is 33.5 Å². The maximum absolute atomic E-state index is 12.8. The Labute approximate surface area is 136 Å². The van der Waals surface area contributed by atoms with Gasteiger partial charge in [0.25, 0.3) is 5.91 Å². The number of nitrogens with one attached hydrogen (secondary N) is 1. The van der Waals surface area contributed by atoms with Gasteiger partial charge in [-0.3, -0.25) is 9.59 Å². The molecule has 2 rings (SSSR count). The van der Waals surface area contributed by atoms with Gasteiger partial charge in [-0.25, -0.2) is 8.42 Å². The lowest BCUT2D eigenvalue weighted by molar-refractivity contribution is 0.0678. The van der Waals surface area contributed by atoms with E-state index < -0.39 is 9.84 Å². The first-order valence-corrected chi connectivity index (χ1v) is 9.37. The van der Waals surface area contributed by atoms with Crippen LogP contribution >= 0.6 is 0 Å². The number of likely N-dealkylation sites (N-methyl/N-ethyl adjacent to an activating group) is 1. The molecule has 8 heteroatoms. The van der Waals surface area contributed by atoms with Gasteiger partial charge in [-0.15, -0.1) is 0 Å². The second-order valence-electron chi connectivity index (χ2n) is 6.22. The number of Topliss-reactive ketones (excluding diaryl/α,β-unsaturated/α-hetero) is 1. The van der Waals surface area contributed by atoms with Crippen molar-refractivity contribution in [2.75, 3.05) is 38.7 Å². The summed E-state index contributed by atoms with van der Waals surface area (Å²) in [6.07, 6.45) is 1.97. The second kappa shape index (κ2) is 6.84. The van der Waals surface area contributed by atoms with Crippen LogP contribution in [0.3, 0.4) is 0 Å². The highest BCUT2D eigenvalue weighted by Gasteiger charge is 2.35. The lowest BCUT2D eigenvalue weighted by atomic mass is 10.2. The molecule has 0 spiro atoms. The number of aromatic nitrogens is 1. The molecule has 1 unspecified atom stereocenters. The molecule has 7 nitrogen and oxygen atoms in total. The third kappa shape index (κ3) is 4.42. The van der Waals surface area contributed by atoms with Gasteiger partial charge in [0.05, 0.1) is 11.5 Å². The molecule has 0 saturated carbocycles. The van der Waals surface area contributed by atoms with Crippen molar-refractivity contribution in [3.63, 3.8) is 0 Å². The monoisotopic (exact) mass is 341 g/mol. The van der Waals surface area contributed by atoms with Crippen LogP contribution in [0, 0.1) is 0 Å². The van der Waals surface area contributed by atoms with Gasteiger partial charge in [-0.2, -0.15) is 0 Å². The van der Waals surface area contributed by atoms with E-state index in [1.165, 1.54) is 19.2 Å². The van der Waals surface area contributed by atoms with E-state index in [2.05, 4.69) is 4.98 Å². The van der Waals surface area contributed by atoms with Crippen LogP contribution in [0.4, 0.5) is 0 Å². The molecule has 0 aliphatic carbocycles. The highest BCUT2D eigenvalue weighted by molar-refractivity contribution is 7.91. The van der Waals surface area contributed by atoms with E-state index in [1.54, 1.807) is 4.90 Å². The zero-order valence-corrected chi connectivity index (χ0v) is 14.5. The van der Waals surface area contributed by atoms with Gasteiger partial charge in [0.2, 0.25) is 0 Å². The number of sulfone groups is 1. The summed E-state index contributed by atoms with van der Waals surface area (Å²) in [6, 6.07) is 1.22. The molecule has 1 aromatic heterocycles. The molecule has 1 atom stereocenters. The van der Waals surface area contributed by atoms with Crippen molar-refractivity contribution < 1.29 is 18.0 Å². The third-order valence-electron chi connectivity index (χ3n) is 4.02. The molecule has 23 heavy (non-hydrogen) atoms. The summed E-state index contributed by atoms with van der Waals surface area (Å²) in [5.74, 6) is -0.260. The fraction of sp³-hybridized carbons (Fsp3) is 0.600. The van der Waals surface area contributed by atoms with Crippen molar-refractivity contribution in [3.8, 4) is 0 Å². The van der Waals surface area contributed by atoms with Crippen molar-refractivity contribution in [3.05, 3.63) is 23.5 Å². The number of nitrogens with zero attached hydrogens (tertiary/aromatic N) is 2. The van der Waals surface area contributed by atoms with Crippen molar-refractivity contribution in [2.45, 2.75) is 19.4 Å². The second-order valence-corrected chi connectivity index (χ2v) is 8.45. The summed E-state index contributed by atoms with van der Waals surface area (Å²) in [7, 11) is 0.724. The molecule has 1 fully saturated rings. The Kier molecular flexibility index (Phi) is 5.26. The fourth-order valence-corrected chi connectivity index (χ4v) is 4.39. The van der Waals surface area contributed by atoms with Crippen LogP contribution < -0.4 is 0 Å². The Morgan fingerprint density at radius 2 is 2.00 bits per heavy atom. The molecule has 0 radical (unpaired) electrons.